The van der Waals surface area contributed by atoms with Crippen LogP contribution in [0.5, 0.6) is 0 Å². The Morgan fingerprint density at radius 1 is 1.00 bits per heavy atom. The fourth-order valence-corrected chi connectivity index (χ4v) is 3.24. The lowest BCUT2D eigenvalue weighted by atomic mass is 10.1. The average Bonchev–Trinajstić information content (AvgIpc) is 3.11. The third kappa shape index (κ3) is 4.43. The van der Waals surface area contributed by atoms with Crippen LogP contribution in [-0.4, -0.2) is 32.5 Å². The molecule has 0 spiro atoms. The SMILES string of the molecule is CCc1ccc(C[NH2+]CCSc2nnnn2-c2ccccc2)cc1. The Balaban J connectivity index is 1.45. The maximum absolute atomic E-state index is 4.12. The average molecular weight is 340 g/mol. The van der Waals surface area contributed by atoms with Crippen molar-refractivity contribution in [3.05, 3.63) is 65.7 Å². The molecular formula is C18H22N5S+. The molecule has 3 aromatic rings. The number of rotatable bonds is 8. The van der Waals surface area contributed by atoms with Crippen LogP contribution in [0.25, 0.3) is 5.69 Å². The molecule has 0 saturated carbocycles. The Labute approximate surface area is 146 Å². The third-order valence-electron chi connectivity index (χ3n) is 3.81. The standard InChI is InChI=1S/C18H21N5S/c1-2-15-8-10-16(11-9-15)14-19-12-13-24-18-20-21-22-23(18)17-6-4-3-5-7-17/h3-11,19H,2,12-14H2,1H3/p+1. The van der Waals surface area contributed by atoms with Gasteiger partial charge in [-0.15, -0.1) is 5.10 Å². The molecule has 124 valence electrons. The van der Waals surface area contributed by atoms with Crippen LogP contribution in [-0.2, 0) is 13.0 Å². The number of para-hydroxylation sites is 1. The maximum atomic E-state index is 4.12. The van der Waals surface area contributed by atoms with Crippen LogP contribution in [0.3, 0.4) is 0 Å². The number of hydrogen-bond acceptors (Lipinski definition) is 4. The molecule has 0 atom stereocenters. The molecule has 0 radical (unpaired) electrons. The van der Waals surface area contributed by atoms with Gasteiger partial charge in [0.1, 0.15) is 6.54 Å². The Bertz CT molecular complexity index is 740. The molecule has 0 bridgehead atoms. The van der Waals surface area contributed by atoms with Crippen LogP contribution < -0.4 is 5.32 Å². The fraction of sp³-hybridized carbons (Fsp3) is 0.278. The van der Waals surface area contributed by atoms with Gasteiger partial charge in [0.25, 0.3) is 0 Å². The Hall–Kier alpha value is -2.18. The minimum absolute atomic E-state index is 0.835. The van der Waals surface area contributed by atoms with Gasteiger partial charge >= 0.3 is 0 Å². The third-order valence-corrected chi connectivity index (χ3v) is 4.76. The second-order valence-corrected chi connectivity index (χ2v) is 6.57. The van der Waals surface area contributed by atoms with Gasteiger partial charge in [0.15, 0.2) is 0 Å². The second kappa shape index (κ2) is 8.61. The summed E-state index contributed by atoms with van der Waals surface area (Å²) in [5.74, 6) is 0.972. The van der Waals surface area contributed by atoms with Gasteiger partial charge < -0.3 is 5.32 Å². The lowest BCUT2D eigenvalue weighted by molar-refractivity contribution is -0.666. The normalized spacial score (nSPS) is 10.9. The minimum atomic E-state index is 0.835. The van der Waals surface area contributed by atoms with Crippen molar-refractivity contribution in [2.45, 2.75) is 25.0 Å². The lowest BCUT2D eigenvalue weighted by Gasteiger charge is -2.04. The van der Waals surface area contributed by atoms with Gasteiger partial charge in [0, 0.05) is 5.56 Å². The van der Waals surface area contributed by atoms with E-state index in [-0.39, 0.29) is 0 Å². The molecule has 1 aromatic heterocycles. The van der Waals surface area contributed by atoms with Crippen molar-refractivity contribution in [2.24, 2.45) is 0 Å². The van der Waals surface area contributed by atoms with E-state index in [2.05, 4.69) is 52.0 Å². The molecule has 1 heterocycles. The van der Waals surface area contributed by atoms with Crippen molar-refractivity contribution in [1.82, 2.24) is 20.2 Å². The smallest absolute Gasteiger partial charge is 0.214 e. The first-order valence-corrected chi connectivity index (χ1v) is 9.21. The highest BCUT2D eigenvalue weighted by Crippen LogP contribution is 2.16. The number of aromatic nitrogens is 4. The molecule has 0 saturated heterocycles. The first kappa shape index (κ1) is 16.7. The van der Waals surface area contributed by atoms with Crippen molar-refractivity contribution in [3.8, 4) is 5.69 Å². The van der Waals surface area contributed by atoms with Crippen LogP contribution in [0.15, 0.2) is 59.8 Å². The summed E-state index contributed by atoms with van der Waals surface area (Å²) < 4.78 is 1.79. The highest BCUT2D eigenvalue weighted by atomic mass is 32.2. The monoisotopic (exact) mass is 340 g/mol. The van der Waals surface area contributed by atoms with Gasteiger partial charge in [-0.3, -0.25) is 0 Å². The predicted molar refractivity (Wildman–Crippen MR) is 96.2 cm³/mol. The van der Waals surface area contributed by atoms with E-state index in [9.17, 15) is 0 Å². The molecule has 3 rings (SSSR count). The molecule has 5 nitrogen and oxygen atoms in total. The number of thioether (sulfide) groups is 1. The molecule has 0 amide bonds. The van der Waals surface area contributed by atoms with E-state index in [1.54, 1.807) is 16.4 Å². The Kier molecular flexibility index (Phi) is 5.98. The number of tetrazole rings is 1. The van der Waals surface area contributed by atoms with Crippen molar-refractivity contribution < 1.29 is 5.32 Å². The van der Waals surface area contributed by atoms with Crippen LogP contribution in [0.4, 0.5) is 0 Å². The summed E-state index contributed by atoms with van der Waals surface area (Å²) in [6.45, 7) is 4.22. The van der Waals surface area contributed by atoms with Gasteiger partial charge in [-0.2, -0.15) is 4.68 Å². The summed E-state index contributed by atoms with van der Waals surface area (Å²) in [5, 5.41) is 15.1. The molecular weight excluding hydrogens is 318 g/mol. The molecule has 0 fully saturated rings. The molecule has 24 heavy (non-hydrogen) atoms. The lowest BCUT2D eigenvalue weighted by Crippen LogP contribution is -2.83. The highest BCUT2D eigenvalue weighted by molar-refractivity contribution is 7.99. The van der Waals surface area contributed by atoms with E-state index in [0.717, 1.165) is 36.1 Å². The summed E-state index contributed by atoms with van der Waals surface area (Å²) in [4.78, 5) is 0. The molecule has 0 unspecified atom stereocenters. The van der Waals surface area contributed by atoms with E-state index in [1.165, 1.54) is 11.1 Å². The fourth-order valence-electron chi connectivity index (χ4n) is 2.41. The first-order chi connectivity index (χ1) is 11.9. The zero-order valence-electron chi connectivity index (χ0n) is 13.8. The van der Waals surface area contributed by atoms with Gasteiger partial charge in [0.2, 0.25) is 5.16 Å². The van der Waals surface area contributed by atoms with E-state index in [1.807, 2.05) is 30.3 Å². The van der Waals surface area contributed by atoms with Crippen LogP contribution in [0.1, 0.15) is 18.1 Å². The van der Waals surface area contributed by atoms with Gasteiger partial charge in [-0.25, -0.2) is 0 Å². The highest BCUT2D eigenvalue weighted by Gasteiger charge is 2.08. The zero-order valence-corrected chi connectivity index (χ0v) is 14.6. The number of aryl methyl sites for hydroxylation is 1. The predicted octanol–water partition coefficient (Wildman–Crippen LogP) is 2.08. The van der Waals surface area contributed by atoms with Crippen molar-refractivity contribution in [2.75, 3.05) is 12.3 Å². The Morgan fingerprint density at radius 3 is 2.50 bits per heavy atom. The Morgan fingerprint density at radius 2 is 1.75 bits per heavy atom. The molecule has 2 aromatic carbocycles. The molecule has 0 aliphatic rings. The van der Waals surface area contributed by atoms with Crippen molar-refractivity contribution in [3.63, 3.8) is 0 Å². The van der Waals surface area contributed by atoms with Crippen LogP contribution >= 0.6 is 11.8 Å². The van der Waals surface area contributed by atoms with Crippen molar-refractivity contribution in [1.29, 1.82) is 0 Å². The first-order valence-electron chi connectivity index (χ1n) is 8.23. The summed E-state index contributed by atoms with van der Waals surface area (Å²) in [6.07, 6.45) is 1.09. The number of quaternary nitrogens is 1. The maximum Gasteiger partial charge on any atom is 0.214 e. The number of nitrogens with zero attached hydrogens (tertiary/aromatic N) is 4. The summed E-state index contributed by atoms with van der Waals surface area (Å²) in [5.41, 5.74) is 3.75. The van der Waals surface area contributed by atoms with E-state index in [4.69, 9.17) is 0 Å². The molecule has 6 heteroatoms. The van der Waals surface area contributed by atoms with Crippen LogP contribution in [0, 0.1) is 0 Å². The summed E-state index contributed by atoms with van der Waals surface area (Å²) >= 11 is 1.69. The molecule has 2 N–H and O–H groups in total. The largest absolute Gasteiger partial charge is 0.342 e. The summed E-state index contributed by atoms with van der Waals surface area (Å²) in [6, 6.07) is 18.8. The van der Waals surface area contributed by atoms with Crippen LogP contribution in [0.2, 0.25) is 0 Å². The summed E-state index contributed by atoms with van der Waals surface area (Å²) in [7, 11) is 0. The number of benzene rings is 2. The minimum Gasteiger partial charge on any atom is -0.342 e. The number of nitrogens with two attached hydrogens (primary N) is 1. The van der Waals surface area contributed by atoms with Gasteiger partial charge in [-0.1, -0.05) is 61.2 Å². The van der Waals surface area contributed by atoms with E-state index < -0.39 is 0 Å². The molecule has 0 aliphatic carbocycles. The molecule has 0 aliphatic heterocycles. The van der Waals surface area contributed by atoms with Gasteiger partial charge in [0.05, 0.1) is 18.0 Å². The number of hydrogen-bond donors (Lipinski definition) is 1. The van der Waals surface area contributed by atoms with Gasteiger partial charge in [-0.05, 0) is 34.5 Å². The topological polar surface area (TPSA) is 60.2 Å². The quantitative estimate of drug-likeness (QED) is 0.504. The van der Waals surface area contributed by atoms with Crippen molar-refractivity contribution >= 4 is 11.8 Å². The van der Waals surface area contributed by atoms with E-state index in [0.29, 0.717) is 0 Å². The second-order valence-electron chi connectivity index (χ2n) is 5.51. The van der Waals surface area contributed by atoms with E-state index >= 15 is 0 Å². The zero-order chi connectivity index (χ0) is 16.6.